The smallest absolute Gasteiger partial charge is 0.0461 e. The summed E-state index contributed by atoms with van der Waals surface area (Å²) in [6.07, 6.45) is 10.5. The number of nitrogens with one attached hydrogen (secondary N) is 1. The van der Waals surface area contributed by atoms with Gasteiger partial charge in [0, 0.05) is 17.4 Å². The minimum atomic E-state index is 0.256. The normalized spacial score (nSPS) is 12.6. The Morgan fingerprint density at radius 2 is 1.55 bits per heavy atom. The molecule has 0 saturated carbocycles. The van der Waals surface area contributed by atoms with Crippen molar-refractivity contribution in [2.75, 3.05) is 0 Å². The Morgan fingerprint density at radius 1 is 1.00 bits per heavy atom. The van der Waals surface area contributed by atoms with Crippen molar-refractivity contribution in [2.45, 2.75) is 78.2 Å². The second-order valence-corrected chi connectivity index (χ2v) is 5.81. The Labute approximate surface area is 124 Å². The van der Waals surface area contributed by atoms with E-state index >= 15 is 0 Å². The van der Waals surface area contributed by atoms with E-state index in [9.17, 15) is 0 Å². The van der Waals surface area contributed by atoms with Crippen molar-refractivity contribution in [1.29, 1.82) is 0 Å². The Balaban J connectivity index is 2.32. The quantitative estimate of drug-likeness (QED) is 0.380. The molecule has 0 radical (unpaired) electrons. The molecule has 1 atom stereocenters. The highest BCUT2D eigenvalue weighted by atomic mass is 15.2. The van der Waals surface area contributed by atoms with Crippen molar-refractivity contribution < 1.29 is 0 Å². The van der Waals surface area contributed by atoms with Gasteiger partial charge in [-0.2, -0.15) is 0 Å². The lowest BCUT2D eigenvalue weighted by Gasteiger charge is -2.17. The molecule has 0 fully saturated rings. The van der Waals surface area contributed by atoms with Crippen molar-refractivity contribution in [2.24, 2.45) is 5.84 Å². The molecule has 20 heavy (non-hydrogen) atoms. The van der Waals surface area contributed by atoms with Gasteiger partial charge < -0.3 is 0 Å². The zero-order valence-corrected chi connectivity index (χ0v) is 13.4. The monoisotopic (exact) mass is 277 g/mol. The Bertz CT molecular complexity index is 356. The molecule has 0 spiro atoms. The highest BCUT2D eigenvalue weighted by Crippen LogP contribution is 2.21. The van der Waals surface area contributed by atoms with Gasteiger partial charge in [0.25, 0.3) is 0 Å². The first-order valence-corrected chi connectivity index (χ1v) is 8.08. The van der Waals surface area contributed by atoms with Gasteiger partial charge in [-0.05, 0) is 38.0 Å². The molecular formula is C17H31N3. The minimum absolute atomic E-state index is 0.256. The molecule has 1 unspecified atom stereocenters. The summed E-state index contributed by atoms with van der Waals surface area (Å²) in [6.45, 7) is 6.34. The number of hydrogen-bond donors (Lipinski definition) is 2. The van der Waals surface area contributed by atoms with E-state index in [1.165, 1.54) is 50.5 Å². The molecule has 1 aromatic heterocycles. The lowest BCUT2D eigenvalue weighted by Crippen LogP contribution is -2.28. The van der Waals surface area contributed by atoms with Crippen LogP contribution < -0.4 is 11.3 Å². The Kier molecular flexibility index (Phi) is 8.47. The average Bonchev–Trinajstić information content (AvgIpc) is 2.41. The standard InChI is InChI=1S/C17H31N3/c1-4-5-6-7-8-9-10-11-17(20-18)16-12-14(2)19-15(3)13-16/h12-13,17,20H,4-11,18H2,1-3H3. The van der Waals surface area contributed by atoms with E-state index in [2.05, 4.69) is 29.5 Å². The number of nitrogens with two attached hydrogens (primary N) is 1. The van der Waals surface area contributed by atoms with E-state index in [1.807, 2.05) is 13.8 Å². The summed E-state index contributed by atoms with van der Waals surface area (Å²) in [5, 5.41) is 0. The summed E-state index contributed by atoms with van der Waals surface area (Å²) in [4.78, 5) is 4.42. The molecule has 1 rings (SSSR count). The topological polar surface area (TPSA) is 50.9 Å². The van der Waals surface area contributed by atoms with Gasteiger partial charge in [-0.15, -0.1) is 0 Å². The molecule has 3 N–H and O–H groups in total. The molecule has 0 aliphatic carbocycles. The third kappa shape index (κ3) is 6.49. The average molecular weight is 277 g/mol. The second-order valence-electron chi connectivity index (χ2n) is 5.81. The number of hydrogen-bond acceptors (Lipinski definition) is 3. The van der Waals surface area contributed by atoms with Crippen molar-refractivity contribution in [3.05, 3.63) is 29.1 Å². The van der Waals surface area contributed by atoms with Gasteiger partial charge in [-0.1, -0.05) is 51.9 Å². The third-order valence-electron chi connectivity index (χ3n) is 3.80. The largest absolute Gasteiger partial charge is 0.271 e. The van der Waals surface area contributed by atoms with Gasteiger partial charge in [0.05, 0.1) is 0 Å². The fraction of sp³-hybridized carbons (Fsp3) is 0.706. The number of aromatic nitrogens is 1. The van der Waals surface area contributed by atoms with E-state index < -0.39 is 0 Å². The minimum Gasteiger partial charge on any atom is -0.271 e. The summed E-state index contributed by atoms with van der Waals surface area (Å²) in [5.41, 5.74) is 6.36. The van der Waals surface area contributed by atoms with E-state index in [0.717, 1.165) is 17.8 Å². The van der Waals surface area contributed by atoms with Crippen LogP contribution in [0.3, 0.4) is 0 Å². The number of unbranched alkanes of at least 4 members (excludes halogenated alkanes) is 6. The molecule has 0 aliphatic heterocycles. The summed E-state index contributed by atoms with van der Waals surface area (Å²) in [7, 11) is 0. The molecule has 0 aromatic carbocycles. The number of rotatable bonds is 10. The summed E-state index contributed by atoms with van der Waals surface area (Å²) >= 11 is 0. The van der Waals surface area contributed by atoms with E-state index in [4.69, 9.17) is 5.84 Å². The zero-order valence-electron chi connectivity index (χ0n) is 13.4. The van der Waals surface area contributed by atoms with Crippen molar-refractivity contribution >= 4 is 0 Å². The van der Waals surface area contributed by atoms with Crippen LogP contribution >= 0.6 is 0 Å². The van der Waals surface area contributed by atoms with Crippen LogP contribution in [0.25, 0.3) is 0 Å². The van der Waals surface area contributed by atoms with Crippen LogP contribution in [0.5, 0.6) is 0 Å². The van der Waals surface area contributed by atoms with Crippen LogP contribution in [0.4, 0.5) is 0 Å². The third-order valence-corrected chi connectivity index (χ3v) is 3.80. The fourth-order valence-electron chi connectivity index (χ4n) is 2.72. The second kappa shape index (κ2) is 9.89. The van der Waals surface area contributed by atoms with Crippen LogP contribution in [-0.4, -0.2) is 4.98 Å². The summed E-state index contributed by atoms with van der Waals surface area (Å²) in [6, 6.07) is 4.53. The van der Waals surface area contributed by atoms with Gasteiger partial charge >= 0.3 is 0 Å². The van der Waals surface area contributed by atoms with Crippen LogP contribution in [0.15, 0.2) is 12.1 Å². The first-order valence-electron chi connectivity index (χ1n) is 8.08. The lowest BCUT2D eigenvalue weighted by atomic mass is 9.99. The first-order chi connectivity index (χ1) is 9.67. The Morgan fingerprint density at radius 3 is 2.10 bits per heavy atom. The predicted octanol–water partition coefficient (Wildman–Crippen LogP) is 4.34. The maximum Gasteiger partial charge on any atom is 0.0461 e. The molecule has 0 bridgehead atoms. The van der Waals surface area contributed by atoms with Crippen molar-refractivity contribution in [3.63, 3.8) is 0 Å². The van der Waals surface area contributed by atoms with Crippen LogP contribution in [0, 0.1) is 13.8 Å². The molecule has 1 heterocycles. The molecule has 0 saturated heterocycles. The van der Waals surface area contributed by atoms with Gasteiger partial charge in [0.1, 0.15) is 0 Å². The number of aryl methyl sites for hydroxylation is 2. The lowest BCUT2D eigenvalue weighted by molar-refractivity contribution is 0.475. The van der Waals surface area contributed by atoms with Gasteiger partial charge in [0.15, 0.2) is 0 Å². The van der Waals surface area contributed by atoms with Crippen LogP contribution in [0.1, 0.15) is 81.3 Å². The Hall–Kier alpha value is -0.930. The first kappa shape index (κ1) is 17.1. The van der Waals surface area contributed by atoms with Crippen molar-refractivity contribution in [1.82, 2.24) is 10.4 Å². The van der Waals surface area contributed by atoms with Gasteiger partial charge in [-0.3, -0.25) is 16.3 Å². The number of pyridine rings is 1. The molecular weight excluding hydrogens is 246 g/mol. The zero-order chi connectivity index (χ0) is 14.8. The molecule has 3 heteroatoms. The summed E-state index contributed by atoms with van der Waals surface area (Å²) < 4.78 is 0. The fourth-order valence-corrected chi connectivity index (χ4v) is 2.72. The highest BCUT2D eigenvalue weighted by molar-refractivity contribution is 5.23. The van der Waals surface area contributed by atoms with Crippen molar-refractivity contribution in [3.8, 4) is 0 Å². The maximum absolute atomic E-state index is 5.71. The maximum atomic E-state index is 5.71. The molecule has 0 aliphatic rings. The SMILES string of the molecule is CCCCCCCCCC(NN)c1cc(C)nc(C)c1. The van der Waals surface area contributed by atoms with E-state index in [-0.39, 0.29) is 6.04 Å². The summed E-state index contributed by atoms with van der Waals surface area (Å²) in [5.74, 6) is 5.71. The molecule has 3 nitrogen and oxygen atoms in total. The van der Waals surface area contributed by atoms with Gasteiger partial charge in [-0.25, -0.2) is 0 Å². The van der Waals surface area contributed by atoms with E-state index in [0.29, 0.717) is 0 Å². The van der Waals surface area contributed by atoms with E-state index in [1.54, 1.807) is 0 Å². The molecule has 1 aromatic rings. The van der Waals surface area contributed by atoms with Gasteiger partial charge in [0.2, 0.25) is 0 Å². The van der Waals surface area contributed by atoms with Crippen LogP contribution in [-0.2, 0) is 0 Å². The predicted molar refractivity (Wildman–Crippen MR) is 86.4 cm³/mol. The number of nitrogens with zero attached hydrogens (tertiary/aromatic N) is 1. The highest BCUT2D eigenvalue weighted by Gasteiger charge is 2.10. The molecule has 114 valence electrons. The number of hydrazine groups is 1. The van der Waals surface area contributed by atoms with Crippen LogP contribution in [0.2, 0.25) is 0 Å². The molecule has 0 amide bonds.